The predicted molar refractivity (Wildman–Crippen MR) is 90.2 cm³/mol. The van der Waals surface area contributed by atoms with Crippen LogP contribution < -0.4 is 15.8 Å². The fourth-order valence-electron chi connectivity index (χ4n) is 1.95. The van der Waals surface area contributed by atoms with Crippen LogP contribution in [0.3, 0.4) is 0 Å². The van der Waals surface area contributed by atoms with Gasteiger partial charge in [0.15, 0.2) is 0 Å². The molecular weight excluding hydrogens is 292 g/mol. The van der Waals surface area contributed by atoms with Crippen molar-refractivity contribution in [2.75, 3.05) is 11.9 Å². The summed E-state index contributed by atoms with van der Waals surface area (Å²) in [6.45, 7) is 2.54. The maximum absolute atomic E-state index is 11.9. The maximum Gasteiger partial charge on any atom is 0.248 e. The monoisotopic (exact) mass is 310 g/mol. The highest BCUT2D eigenvalue weighted by molar-refractivity contribution is 6.03. The van der Waals surface area contributed by atoms with Crippen LogP contribution in [0.15, 0.2) is 54.6 Å². The normalized spacial score (nSPS) is 10.5. The van der Waals surface area contributed by atoms with E-state index in [0.717, 1.165) is 11.3 Å². The average Bonchev–Trinajstić information content (AvgIpc) is 2.55. The van der Waals surface area contributed by atoms with Crippen LogP contribution in [0.4, 0.5) is 5.69 Å². The molecule has 0 spiro atoms. The maximum atomic E-state index is 11.9. The van der Waals surface area contributed by atoms with Gasteiger partial charge in [0.2, 0.25) is 11.8 Å². The first-order valence-corrected chi connectivity index (χ1v) is 7.20. The third-order valence-corrected chi connectivity index (χ3v) is 3.03. The van der Waals surface area contributed by atoms with Crippen LogP contribution in [0, 0.1) is 0 Å². The van der Waals surface area contributed by atoms with Gasteiger partial charge in [-0.1, -0.05) is 18.2 Å². The number of nitrogens with two attached hydrogens (primary N) is 1. The Morgan fingerprint density at radius 2 is 1.91 bits per heavy atom. The van der Waals surface area contributed by atoms with Gasteiger partial charge in [-0.2, -0.15) is 0 Å². The number of primary amides is 1. The highest BCUT2D eigenvalue weighted by atomic mass is 16.5. The minimum Gasteiger partial charge on any atom is -0.494 e. The SMILES string of the molecule is CCOc1ccc(/C=C/C(=O)Nc2cccc(C(N)=O)c2)cc1. The van der Waals surface area contributed by atoms with E-state index in [-0.39, 0.29) is 5.91 Å². The summed E-state index contributed by atoms with van der Waals surface area (Å²) in [6, 6.07) is 13.9. The van der Waals surface area contributed by atoms with Gasteiger partial charge in [0, 0.05) is 17.3 Å². The summed E-state index contributed by atoms with van der Waals surface area (Å²) in [5.74, 6) is -0.0381. The van der Waals surface area contributed by atoms with E-state index in [1.165, 1.54) is 12.1 Å². The Morgan fingerprint density at radius 1 is 1.17 bits per heavy atom. The first-order chi connectivity index (χ1) is 11.1. The molecule has 0 fully saturated rings. The van der Waals surface area contributed by atoms with Crippen LogP contribution in [0.25, 0.3) is 6.08 Å². The lowest BCUT2D eigenvalue weighted by Crippen LogP contribution is -2.12. The minimum absolute atomic E-state index is 0.291. The van der Waals surface area contributed by atoms with Crippen molar-refractivity contribution >= 4 is 23.6 Å². The molecule has 23 heavy (non-hydrogen) atoms. The van der Waals surface area contributed by atoms with E-state index in [1.54, 1.807) is 24.3 Å². The number of rotatable bonds is 6. The zero-order valence-corrected chi connectivity index (χ0v) is 12.8. The molecule has 2 amide bonds. The number of amides is 2. The number of anilines is 1. The Hall–Kier alpha value is -3.08. The van der Waals surface area contributed by atoms with E-state index in [1.807, 2.05) is 31.2 Å². The lowest BCUT2D eigenvalue weighted by Gasteiger charge is -2.04. The van der Waals surface area contributed by atoms with Crippen LogP contribution >= 0.6 is 0 Å². The van der Waals surface area contributed by atoms with Crippen LogP contribution in [-0.2, 0) is 4.79 Å². The summed E-state index contributed by atoms with van der Waals surface area (Å²) in [6.07, 6.45) is 3.12. The Bertz CT molecular complexity index is 721. The molecule has 2 rings (SSSR count). The molecule has 0 aromatic heterocycles. The molecule has 0 unspecified atom stereocenters. The van der Waals surface area contributed by atoms with Gasteiger partial charge >= 0.3 is 0 Å². The highest BCUT2D eigenvalue weighted by Crippen LogP contribution is 2.14. The predicted octanol–water partition coefficient (Wildman–Crippen LogP) is 2.84. The van der Waals surface area contributed by atoms with Gasteiger partial charge in [0.25, 0.3) is 0 Å². The molecule has 0 atom stereocenters. The van der Waals surface area contributed by atoms with Gasteiger partial charge in [-0.3, -0.25) is 9.59 Å². The van der Waals surface area contributed by atoms with Crippen LogP contribution in [0.5, 0.6) is 5.75 Å². The summed E-state index contributed by atoms with van der Waals surface area (Å²) in [7, 11) is 0. The average molecular weight is 310 g/mol. The molecule has 0 heterocycles. The molecule has 2 aromatic rings. The van der Waals surface area contributed by atoms with Gasteiger partial charge in [0.05, 0.1) is 6.61 Å². The number of nitrogens with one attached hydrogen (secondary N) is 1. The standard InChI is InChI=1S/C18H18N2O3/c1-2-23-16-9-6-13(7-10-16)8-11-17(21)20-15-5-3-4-14(12-15)18(19)22/h3-12H,2H2,1H3,(H2,19,22)(H,20,21)/b11-8+. The number of carbonyl (C=O) groups is 2. The highest BCUT2D eigenvalue weighted by Gasteiger charge is 2.03. The summed E-state index contributed by atoms with van der Waals surface area (Å²) in [5, 5.41) is 2.68. The summed E-state index contributed by atoms with van der Waals surface area (Å²) in [5.41, 5.74) is 6.95. The molecule has 3 N–H and O–H groups in total. The Balaban J connectivity index is 1.98. The second-order valence-corrected chi connectivity index (χ2v) is 4.77. The van der Waals surface area contributed by atoms with Crippen molar-refractivity contribution in [3.8, 4) is 5.75 Å². The second-order valence-electron chi connectivity index (χ2n) is 4.77. The van der Waals surface area contributed by atoms with E-state index in [2.05, 4.69) is 5.32 Å². The quantitative estimate of drug-likeness (QED) is 0.805. The van der Waals surface area contributed by atoms with Crippen molar-refractivity contribution in [2.45, 2.75) is 6.92 Å². The van der Waals surface area contributed by atoms with Crippen LogP contribution in [0.1, 0.15) is 22.8 Å². The third-order valence-electron chi connectivity index (χ3n) is 3.03. The molecule has 5 nitrogen and oxygen atoms in total. The second kappa shape index (κ2) is 7.79. The largest absolute Gasteiger partial charge is 0.494 e. The van der Waals surface area contributed by atoms with Crippen LogP contribution in [-0.4, -0.2) is 18.4 Å². The summed E-state index contributed by atoms with van der Waals surface area (Å²) >= 11 is 0. The van der Waals surface area contributed by atoms with Crippen LogP contribution in [0.2, 0.25) is 0 Å². The molecule has 0 aliphatic carbocycles. The smallest absolute Gasteiger partial charge is 0.248 e. The number of hydrogen-bond donors (Lipinski definition) is 2. The number of ether oxygens (including phenoxy) is 1. The Labute approximate surface area is 134 Å². The van der Waals surface area contributed by atoms with Crippen molar-refractivity contribution in [1.82, 2.24) is 0 Å². The molecule has 0 radical (unpaired) electrons. The number of benzene rings is 2. The Morgan fingerprint density at radius 3 is 2.57 bits per heavy atom. The molecule has 118 valence electrons. The van der Waals surface area contributed by atoms with Gasteiger partial charge in [-0.15, -0.1) is 0 Å². The van der Waals surface area contributed by atoms with Crippen molar-refractivity contribution in [3.05, 3.63) is 65.7 Å². The molecule has 0 aliphatic rings. The zero-order valence-electron chi connectivity index (χ0n) is 12.8. The molecule has 2 aromatic carbocycles. The summed E-state index contributed by atoms with van der Waals surface area (Å²) in [4.78, 5) is 23.0. The first kappa shape index (κ1) is 16.3. The number of carbonyl (C=O) groups excluding carboxylic acids is 2. The van der Waals surface area contributed by atoms with Gasteiger partial charge < -0.3 is 15.8 Å². The fraction of sp³-hybridized carbons (Fsp3) is 0.111. The molecule has 0 bridgehead atoms. The molecule has 0 saturated carbocycles. The van der Waals surface area contributed by atoms with E-state index >= 15 is 0 Å². The molecular formula is C18H18N2O3. The first-order valence-electron chi connectivity index (χ1n) is 7.20. The lowest BCUT2D eigenvalue weighted by atomic mass is 10.2. The molecule has 0 aliphatic heterocycles. The van der Waals surface area contributed by atoms with E-state index in [9.17, 15) is 9.59 Å². The third kappa shape index (κ3) is 5.00. The lowest BCUT2D eigenvalue weighted by molar-refractivity contribution is -0.111. The zero-order chi connectivity index (χ0) is 16.7. The minimum atomic E-state index is -0.536. The molecule has 0 saturated heterocycles. The van der Waals surface area contributed by atoms with Crippen molar-refractivity contribution in [2.24, 2.45) is 5.73 Å². The topological polar surface area (TPSA) is 81.4 Å². The van der Waals surface area contributed by atoms with Gasteiger partial charge in [-0.25, -0.2) is 0 Å². The fourth-order valence-corrected chi connectivity index (χ4v) is 1.95. The number of hydrogen-bond acceptors (Lipinski definition) is 3. The Kier molecular flexibility index (Phi) is 5.52. The summed E-state index contributed by atoms with van der Waals surface area (Å²) < 4.78 is 5.35. The van der Waals surface area contributed by atoms with Gasteiger partial charge in [-0.05, 0) is 48.9 Å². The van der Waals surface area contributed by atoms with Crippen molar-refractivity contribution < 1.29 is 14.3 Å². The van der Waals surface area contributed by atoms with Crippen molar-refractivity contribution in [1.29, 1.82) is 0 Å². The molecule has 5 heteroatoms. The van der Waals surface area contributed by atoms with Crippen molar-refractivity contribution in [3.63, 3.8) is 0 Å². The van der Waals surface area contributed by atoms with E-state index in [4.69, 9.17) is 10.5 Å². The van der Waals surface area contributed by atoms with Gasteiger partial charge in [0.1, 0.15) is 5.75 Å². The van der Waals surface area contributed by atoms with E-state index < -0.39 is 5.91 Å². The van der Waals surface area contributed by atoms with E-state index in [0.29, 0.717) is 17.9 Å².